The Morgan fingerprint density at radius 2 is 2.57 bits per heavy atom. The Labute approximate surface area is 149 Å². The van der Waals surface area contributed by atoms with Crippen LogP contribution in [0, 0.1) is 0 Å². The predicted molar refractivity (Wildman–Crippen MR) is 83.0 cm³/mol. The van der Waals surface area contributed by atoms with Crippen molar-refractivity contribution in [3.8, 4) is 11.5 Å². The summed E-state index contributed by atoms with van der Waals surface area (Å²) in [7, 11) is -1.59. The van der Waals surface area contributed by atoms with E-state index in [0.717, 1.165) is 0 Å². The van der Waals surface area contributed by atoms with Crippen LogP contribution in [-0.2, 0) is 16.6 Å². The van der Waals surface area contributed by atoms with Crippen LogP contribution in [-0.4, -0.2) is 55.6 Å². The zero-order chi connectivity index (χ0) is 24.6. The van der Waals surface area contributed by atoms with Gasteiger partial charge in [-0.2, -0.15) is 0 Å². The molecule has 2 aliphatic heterocycles. The molecule has 0 amide bonds. The Kier molecular flexibility index (Phi) is 1.26. The van der Waals surface area contributed by atoms with Crippen LogP contribution >= 0.6 is 0 Å². The van der Waals surface area contributed by atoms with Gasteiger partial charge in [-0.05, 0) is 44.4 Å². The van der Waals surface area contributed by atoms with Crippen LogP contribution < -0.4 is 9.47 Å². The van der Waals surface area contributed by atoms with E-state index in [2.05, 4.69) is 0 Å². The van der Waals surface area contributed by atoms with E-state index in [0.29, 0.717) is 0 Å². The number of rotatable bonds is 2. The Hall–Kier alpha value is -1.59. The fraction of sp³-hybridized carbons (Fsp3) is 0.611. The molecule has 2 heterocycles. The van der Waals surface area contributed by atoms with Crippen molar-refractivity contribution in [1.29, 1.82) is 1.43 Å². The number of methoxy groups -OCH3 is 1. The van der Waals surface area contributed by atoms with Crippen molar-refractivity contribution in [2.24, 2.45) is 0 Å². The molecule has 1 saturated carbocycles. The van der Waals surface area contributed by atoms with E-state index in [1.807, 2.05) is 0 Å². The second kappa shape index (κ2) is 4.08. The third-order valence-corrected chi connectivity index (χ3v) is 5.58. The van der Waals surface area contributed by atoms with Gasteiger partial charge in [-0.15, -0.1) is 0 Å². The second-order valence-corrected chi connectivity index (χ2v) is 6.49. The lowest BCUT2D eigenvalue weighted by molar-refractivity contribution is -0.185. The number of hydrogen-bond acceptors (Lipinski definition) is 5. The lowest BCUT2D eigenvalue weighted by Gasteiger charge is -2.62. The first kappa shape index (κ1) is 7.11. The van der Waals surface area contributed by atoms with Gasteiger partial charge in [0, 0.05) is 20.7 Å². The minimum absolute atomic E-state index is 0.0374. The third kappa shape index (κ3) is 1.32. The molecule has 4 atom stereocenters. The van der Waals surface area contributed by atoms with Crippen LogP contribution in [0.15, 0.2) is 12.1 Å². The number of piperidine rings is 1. The summed E-state index contributed by atoms with van der Waals surface area (Å²) in [6, 6.07) is -3.88. The lowest BCUT2D eigenvalue weighted by Crippen LogP contribution is -2.76. The van der Waals surface area contributed by atoms with Gasteiger partial charge in [-0.3, -0.25) is 4.79 Å². The van der Waals surface area contributed by atoms with Gasteiger partial charge in [0.15, 0.2) is 23.4 Å². The third-order valence-electron chi connectivity index (χ3n) is 5.58. The van der Waals surface area contributed by atoms with Crippen LogP contribution in [0.2, 0.25) is 0 Å². The first-order valence-electron chi connectivity index (χ1n) is 12.4. The fourth-order valence-corrected chi connectivity index (χ4v) is 4.57. The molecule has 1 saturated heterocycles. The first-order chi connectivity index (χ1) is 15.1. The number of carbonyl (C=O) groups is 1. The maximum atomic E-state index is 13.2. The Morgan fingerprint density at radius 1 is 1.65 bits per heavy atom. The Balaban J connectivity index is 2.02. The number of nitrogens with zero attached hydrogens (tertiary/aromatic N) is 1. The zero-order valence-corrected chi connectivity index (χ0v) is 12.4. The summed E-state index contributed by atoms with van der Waals surface area (Å²) in [6.07, 6.45) is -5.86. The highest BCUT2D eigenvalue weighted by molar-refractivity contribution is 5.90. The number of aliphatic hydroxyl groups is 1. The quantitative estimate of drug-likeness (QED) is 0.881. The molecule has 1 aromatic carbocycles. The summed E-state index contributed by atoms with van der Waals surface area (Å²) in [5.74, 6) is -1.89. The van der Waals surface area contributed by atoms with Crippen LogP contribution in [0.1, 0.15) is 42.7 Å². The number of hydrogen-bond donors (Lipinski definition) is 1. The van der Waals surface area contributed by atoms with Gasteiger partial charge in [0.2, 0.25) is 1.43 Å². The standard InChI is InChI=1S/C18H21NO4/c1-19-8-7-17-14-10-3-4-12(22-2)15(14)23-16(17)11(20)5-6-18(17,21)13(19)9-10/h3-4,13,16,21H,5-9H2,1-2H3/t13-,16?,17+,18-/m1/s1/i2D3,3D,4D,9D2,13D,16D,21D. The molecule has 1 N–H and O–H groups in total. The SMILES string of the molecule is [2H]O[C@@]12CCC(=O)C3([2H])Oc4c(OC([2H])([2H])[2H])c([2H])c([2H])c5c4[C@@]31CCN(C)[C@]2([2H])C5([2H])[2H]. The maximum Gasteiger partial charge on any atom is 0.211 e. The second-order valence-electron chi connectivity index (χ2n) is 6.49. The number of carbonyl (C=O) groups excluding carboxylic acids is 1. The van der Waals surface area contributed by atoms with Crippen LogP contribution in [0.4, 0.5) is 0 Å². The summed E-state index contributed by atoms with van der Waals surface area (Å²) in [5, 5.41) is 5.20. The number of likely N-dealkylation sites (N-methyl/N-ethyl adjacent to an activating group) is 1. The molecule has 4 aliphatic rings. The molecule has 2 fully saturated rings. The van der Waals surface area contributed by atoms with Gasteiger partial charge in [0.1, 0.15) is 0 Å². The molecule has 2 aliphatic carbocycles. The average Bonchev–Trinajstić information content (AvgIpc) is 2.98. The number of benzene rings is 1. The molecule has 0 radical (unpaired) electrons. The lowest BCUT2D eigenvalue weighted by atomic mass is 9.49. The molecule has 23 heavy (non-hydrogen) atoms. The minimum Gasteiger partial charge on any atom is -0.493 e. The molecule has 1 aromatic rings. The van der Waals surface area contributed by atoms with E-state index < -0.39 is 71.5 Å². The van der Waals surface area contributed by atoms with Crippen LogP contribution in [0.5, 0.6) is 11.5 Å². The van der Waals surface area contributed by atoms with Gasteiger partial charge >= 0.3 is 0 Å². The van der Waals surface area contributed by atoms with Crippen molar-refractivity contribution in [1.82, 2.24) is 4.90 Å². The monoisotopic (exact) mass is 325 g/mol. The van der Waals surface area contributed by atoms with E-state index in [-0.39, 0.29) is 31.4 Å². The van der Waals surface area contributed by atoms with E-state index in [1.54, 1.807) is 0 Å². The number of likely N-dealkylation sites (tertiary alicyclic amines) is 1. The van der Waals surface area contributed by atoms with E-state index in [4.69, 9.17) is 27.0 Å². The van der Waals surface area contributed by atoms with Crippen LogP contribution in [0.25, 0.3) is 0 Å². The average molecular weight is 325 g/mol. The molecular weight excluding hydrogens is 294 g/mol. The van der Waals surface area contributed by atoms with Crippen molar-refractivity contribution in [3.63, 3.8) is 0 Å². The molecule has 5 rings (SSSR count). The highest BCUT2D eigenvalue weighted by Gasteiger charge is 2.72. The largest absolute Gasteiger partial charge is 0.493 e. The van der Waals surface area contributed by atoms with Gasteiger partial charge in [0.25, 0.3) is 0 Å². The van der Waals surface area contributed by atoms with Crippen LogP contribution in [0.3, 0.4) is 0 Å². The Morgan fingerprint density at radius 3 is 3.39 bits per heavy atom. The zero-order valence-electron chi connectivity index (χ0n) is 22.4. The van der Waals surface area contributed by atoms with E-state index >= 15 is 0 Å². The van der Waals surface area contributed by atoms with Crippen molar-refractivity contribution in [2.45, 2.75) is 48.7 Å². The summed E-state index contributed by atoms with van der Waals surface area (Å²) >= 11 is 0. The molecule has 1 unspecified atom stereocenters. The topological polar surface area (TPSA) is 59.0 Å². The maximum absolute atomic E-state index is 13.2. The summed E-state index contributed by atoms with van der Waals surface area (Å²) < 4.78 is 94.7. The highest BCUT2D eigenvalue weighted by atomic mass is 16.5. The molecule has 0 aromatic heterocycles. The predicted octanol–water partition coefficient (Wildman–Crippen LogP) is 1.05. The van der Waals surface area contributed by atoms with Crippen molar-refractivity contribution >= 4 is 5.78 Å². The van der Waals surface area contributed by atoms with E-state index in [1.165, 1.54) is 11.9 Å². The Bertz CT molecular complexity index is 1110. The smallest absolute Gasteiger partial charge is 0.211 e. The fourth-order valence-electron chi connectivity index (χ4n) is 4.57. The molecule has 5 heteroatoms. The molecule has 1 spiro atoms. The summed E-state index contributed by atoms with van der Waals surface area (Å²) in [5.41, 5.74) is -4.59. The first-order valence-corrected chi connectivity index (χ1v) is 7.52. The highest BCUT2D eigenvalue weighted by Crippen LogP contribution is 2.64. The van der Waals surface area contributed by atoms with Crippen molar-refractivity contribution < 1.29 is 31.7 Å². The summed E-state index contributed by atoms with van der Waals surface area (Å²) in [6.45, 7) is 0.0374. The molecule has 5 nitrogen and oxygen atoms in total. The summed E-state index contributed by atoms with van der Waals surface area (Å²) in [4.78, 5) is 14.5. The molecule has 122 valence electrons. The number of ketones is 1. The normalized spacial score (nSPS) is 56.0. The van der Waals surface area contributed by atoms with Gasteiger partial charge in [0.05, 0.1) is 27.6 Å². The van der Waals surface area contributed by atoms with E-state index in [9.17, 15) is 6.17 Å². The number of ether oxygens (including phenoxy) is 2. The van der Waals surface area contributed by atoms with Gasteiger partial charge < -0.3 is 19.5 Å². The van der Waals surface area contributed by atoms with Crippen molar-refractivity contribution in [3.05, 3.63) is 23.2 Å². The van der Waals surface area contributed by atoms with Gasteiger partial charge in [-0.1, -0.05) is 6.04 Å². The minimum atomic E-state index is -3.07. The van der Waals surface area contributed by atoms with Crippen molar-refractivity contribution in [2.75, 3.05) is 20.6 Å². The number of Topliss-reactive ketones (excluding diaryl/α,β-unsaturated/α-hetero) is 1. The molecular formula is C18H21NO4. The molecule has 2 bridgehead atoms. The van der Waals surface area contributed by atoms with Gasteiger partial charge in [-0.25, -0.2) is 0 Å².